The average Bonchev–Trinajstić information content (AvgIpc) is 2.38. The minimum Gasteiger partial charge on any atom is -0.313 e. The summed E-state index contributed by atoms with van der Waals surface area (Å²) in [5.41, 5.74) is 0.663. The first-order valence-corrected chi connectivity index (χ1v) is 7.61. The third kappa shape index (κ3) is 4.59. The molecule has 1 atom stereocenters. The number of likely N-dealkylation sites (tertiary alicyclic amines) is 1. The highest BCUT2D eigenvalue weighted by atomic mass is 15.2. The van der Waals surface area contributed by atoms with Gasteiger partial charge in [0.1, 0.15) is 0 Å². The third-order valence-electron chi connectivity index (χ3n) is 4.69. The van der Waals surface area contributed by atoms with E-state index in [0.29, 0.717) is 11.5 Å². The molecule has 0 bridgehead atoms. The van der Waals surface area contributed by atoms with Crippen LogP contribution in [0.15, 0.2) is 0 Å². The molecule has 1 rings (SSSR count). The molecule has 0 radical (unpaired) electrons. The third-order valence-corrected chi connectivity index (χ3v) is 4.69. The highest BCUT2D eigenvalue weighted by Crippen LogP contribution is 2.37. The topological polar surface area (TPSA) is 15.3 Å². The van der Waals surface area contributed by atoms with Crippen LogP contribution in [0.1, 0.15) is 59.8 Å². The van der Waals surface area contributed by atoms with Gasteiger partial charge in [-0.15, -0.1) is 0 Å². The fourth-order valence-electron chi connectivity index (χ4n) is 3.01. The second-order valence-corrected chi connectivity index (χ2v) is 5.86. The summed E-state index contributed by atoms with van der Waals surface area (Å²) in [7, 11) is 0. The number of hydrogen-bond acceptors (Lipinski definition) is 2. The molecule has 0 amide bonds. The molecule has 0 aliphatic carbocycles. The summed E-state index contributed by atoms with van der Waals surface area (Å²) in [4.78, 5) is 2.65. The van der Waals surface area contributed by atoms with E-state index in [4.69, 9.17) is 0 Å². The predicted octanol–water partition coefficient (Wildman–Crippen LogP) is 3.28. The van der Waals surface area contributed by atoms with Gasteiger partial charge in [0, 0.05) is 12.6 Å². The van der Waals surface area contributed by atoms with E-state index in [1.807, 2.05) is 0 Å². The van der Waals surface area contributed by atoms with Crippen molar-refractivity contribution in [3.63, 3.8) is 0 Å². The van der Waals surface area contributed by atoms with Crippen molar-refractivity contribution in [2.45, 2.75) is 65.8 Å². The zero-order valence-corrected chi connectivity index (χ0v) is 12.4. The number of hydrogen-bond donors (Lipinski definition) is 1. The maximum atomic E-state index is 3.59. The lowest BCUT2D eigenvalue weighted by Gasteiger charge is -2.41. The second-order valence-electron chi connectivity index (χ2n) is 5.86. The van der Waals surface area contributed by atoms with Crippen LogP contribution >= 0.6 is 0 Å². The summed E-state index contributed by atoms with van der Waals surface area (Å²) in [6, 6.07) is 0.644. The smallest absolute Gasteiger partial charge is 0.0166 e. The molecule has 1 aliphatic rings. The highest BCUT2D eigenvalue weighted by Gasteiger charge is 2.31. The molecule has 1 aliphatic heterocycles. The Morgan fingerprint density at radius 3 is 2.18 bits per heavy atom. The van der Waals surface area contributed by atoms with E-state index in [1.54, 1.807) is 0 Å². The Kier molecular flexibility index (Phi) is 6.50. The van der Waals surface area contributed by atoms with Crippen LogP contribution in [0.3, 0.4) is 0 Å². The summed E-state index contributed by atoms with van der Waals surface area (Å²) in [5.74, 6) is 0. The van der Waals surface area contributed by atoms with Crippen molar-refractivity contribution in [2.24, 2.45) is 5.41 Å². The standard InChI is InChI=1S/C15H32N2/c1-5-10-16-14(4)13-17-11-8-15(6-2,7-3)9-12-17/h14,16H,5-13H2,1-4H3. The fraction of sp³-hybridized carbons (Fsp3) is 1.00. The Bertz CT molecular complexity index is 189. The molecule has 0 spiro atoms. The van der Waals surface area contributed by atoms with Crippen molar-refractivity contribution in [3.8, 4) is 0 Å². The Morgan fingerprint density at radius 1 is 1.12 bits per heavy atom. The predicted molar refractivity (Wildman–Crippen MR) is 76.4 cm³/mol. The van der Waals surface area contributed by atoms with Crippen LogP contribution in [0.4, 0.5) is 0 Å². The molecule has 0 aromatic rings. The zero-order valence-electron chi connectivity index (χ0n) is 12.4. The number of nitrogens with zero attached hydrogens (tertiary/aromatic N) is 1. The number of nitrogens with one attached hydrogen (secondary N) is 1. The highest BCUT2D eigenvalue weighted by molar-refractivity contribution is 4.85. The van der Waals surface area contributed by atoms with E-state index in [-0.39, 0.29) is 0 Å². The van der Waals surface area contributed by atoms with Crippen molar-refractivity contribution < 1.29 is 0 Å². The quantitative estimate of drug-likeness (QED) is 0.735. The maximum Gasteiger partial charge on any atom is 0.0166 e. The van der Waals surface area contributed by atoms with E-state index in [2.05, 4.69) is 37.9 Å². The molecule has 1 saturated heterocycles. The first-order chi connectivity index (χ1) is 8.15. The normalized spacial score (nSPS) is 22.6. The van der Waals surface area contributed by atoms with Crippen LogP contribution in [0, 0.1) is 5.41 Å². The first kappa shape index (κ1) is 15.0. The van der Waals surface area contributed by atoms with Crippen molar-refractivity contribution in [1.82, 2.24) is 10.2 Å². The summed E-state index contributed by atoms with van der Waals surface area (Å²) >= 11 is 0. The van der Waals surface area contributed by atoms with E-state index in [1.165, 1.54) is 51.7 Å². The van der Waals surface area contributed by atoms with Crippen LogP contribution < -0.4 is 5.32 Å². The maximum absolute atomic E-state index is 3.59. The molecule has 0 aromatic heterocycles. The van der Waals surface area contributed by atoms with Crippen LogP contribution in [0.5, 0.6) is 0 Å². The van der Waals surface area contributed by atoms with Gasteiger partial charge in [0.2, 0.25) is 0 Å². The van der Waals surface area contributed by atoms with Gasteiger partial charge in [0.15, 0.2) is 0 Å². The van der Waals surface area contributed by atoms with Crippen molar-refractivity contribution >= 4 is 0 Å². The van der Waals surface area contributed by atoms with Crippen molar-refractivity contribution in [2.75, 3.05) is 26.2 Å². The molecule has 1 fully saturated rings. The zero-order chi connectivity index (χ0) is 12.7. The van der Waals surface area contributed by atoms with Crippen LogP contribution in [-0.4, -0.2) is 37.1 Å². The number of rotatable bonds is 7. The van der Waals surface area contributed by atoms with Crippen LogP contribution in [0.2, 0.25) is 0 Å². The SMILES string of the molecule is CCCNC(C)CN1CCC(CC)(CC)CC1. The Labute approximate surface area is 108 Å². The Balaban J connectivity index is 2.27. The Morgan fingerprint density at radius 2 is 1.71 bits per heavy atom. The molecule has 0 aromatic carbocycles. The monoisotopic (exact) mass is 240 g/mol. The van der Waals surface area contributed by atoms with Gasteiger partial charge in [-0.1, -0.05) is 33.6 Å². The van der Waals surface area contributed by atoms with Crippen molar-refractivity contribution in [3.05, 3.63) is 0 Å². The van der Waals surface area contributed by atoms with Crippen molar-refractivity contribution in [1.29, 1.82) is 0 Å². The lowest BCUT2D eigenvalue weighted by Crippen LogP contribution is -2.45. The molecule has 1 N–H and O–H groups in total. The lowest BCUT2D eigenvalue weighted by atomic mass is 9.74. The Hall–Kier alpha value is -0.0800. The largest absolute Gasteiger partial charge is 0.313 e. The number of piperidine rings is 1. The molecule has 102 valence electrons. The van der Waals surface area contributed by atoms with E-state index >= 15 is 0 Å². The minimum absolute atomic E-state index is 0.644. The first-order valence-electron chi connectivity index (χ1n) is 7.61. The van der Waals surface area contributed by atoms with Gasteiger partial charge in [-0.2, -0.15) is 0 Å². The molecule has 1 unspecified atom stereocenters. The van der Waals surface area contributed by atoms with Gasteiger partial charge in [-0.25, -0.2) is 0 Å². The molecule has 2 heteroatoms. The molecular formula is C15H32N2. The summed E-state index contributed by atoms with van der Waals surface area (Å²) in [6.45, 7) is 14.3. The van der Waals surface area contributed by atoms with Crippen LogP contribution in [0.25, 0.3) is 0 Å². The molecule has 1 heterocycles. The summed E-state index contributed by atoms with van der Waals surface area (Å²) in [5, 5.41) is 3.59. The minimum atomic E-state index is 0.644. The van der Waals surface area contributed by atoms with Gasteiger partial charge in [0.05, 0.1) is 0 Å². The molecular weight excluding hydrogens is 208 g/mol. The molecule has 17 heavy (non-hydrogen) atoms. The molecule has 0 saturated carbocycles. The molecule has 2 nitrogen and oxygen atoms in total. The van der Waals surface area contributed by atoms with E-state index in [9.17, 15) is 0 Å². The summed E-state index contributed by atoms with van der Waals surface area (Å²) < 4.78 is 0. The van der Waals surface area contributed by atoms with Gasteiger partial charge < -0.3 is 10.2 Å². The van der Waals surface area contributed by atoms with E-state index in [0.717, 1.165) is 6.54 Å². The van der Waals surface area contributed by atoms with Gasteiger partial charge in [-0.05, 0) is 51.2 Å². The fourth-order valence-corrected chi connectivity index (χ4v) is 3.01. The van der Waals surface area contributed by atoms with Crippen LogP contribution in [-0.2, 0) is 0 Å². The van der Waals surface area contributed by atoms with Gasteiger partial charge in [0.25, 0.3) is 0 Å². The van der Waals surface area contributed by atoms with Gasteiger partial charge in [-0.3, -0.25) is 0 Å². The lowest BCUT2D eigenvalue weighted by molar-refractivity contribution is 0.0899. The van der Waals surface area contributed by atoms with Gasteiger partial charge >= 0.3 is 0 Å². The average molecular weight is 240 g/mol. The second kappa shape index (κ2) is 7.38. The van der Waals surface area contributed by atoms with E-state index < -0.39 is 0 Å². The summed E-state index contributed by atoms with van der Waals surface area (Å²) in [6.07, 6.45) is 6.77.